The molecule has 0 aliphatic carbocycles. The zero-order valence-electron chi connectivity index (χ0n) is 10.2. The van der Waals surface area contributed by atoms with Crippen molar-refractivity contribution >= 4 is 17.1 Å². The predicted molar refractivity (Wildman–Crippen MR) is 72.5 cm³/mol. The van der Waals surface area contributed by atoms with Crippen molar-refractivity contribution < 1.29 is 0 Å². The molecule has 1 aromatic heterocycles. The van der Waals surface area contributed by atoms with Crippen LogP contribution in [0, 0.1) is 6.92 Å². The van der Waals surface area contributed by atoms with Crippen molar-refractivity contribution in [2.45, 2.75) is 13.8 Å². The lowest BCUT2D eigenvalue weighted by atomic mass is 10.2. The summed E-state index contributed by atoms with van der Waals surface area (Å²) in [5.41, 5.74) is 9.89. The number of pyridine rings is 1. The van der Waals surface area contributed by atoms with Crippen LogP contribution in [0.25, 0.3) is 0 Å². The smallest absolute Gasteiger partial charge is 0.0617 e. The van der Waals surface area contributed by atoms with Gasteiger partial charge in [-0.2, -0.15) is 0 Å². The second kappa shape index (κ2) is 4.87. The van der Waals surface area contributed by atoms with E-state index in [1.54, 1.807) is 6.20 Å². The van der Waals surface area contributed by atoms with Gasteiger partial charge in [-0.25, -0.2) is 0 Å². The Morgan fingerprint density at radius 2 is 1.82 bits per heavy atom. The number of rotatable bonds is 3. The fourth-order valence-corrected chi connectivity index (χ4v) is 1.83. The van der Waals surface area contributed by atoms with Crippen LogP contribution in [0.3, 0.4) is 0 Å². The number of hydrogen-bond acceptors (Lipinski definition) is 3. The molecular weight excluding hydrogens is 210 g/mol. The van der Waals surface area contributed by atoms with Gasteiger partial charge in [0.15, 0.2) is 0 Å². The largest absolute Gasteiger partial charge is 0.397 e. The predicted octanol–water partition coefficient (Wildman–Crippen LogP) is 3.13. The summed E-state index contributed by atoms with van der Waals surface area (Å²) in [6.45, 7) is 5.08. The van der Waals surface area contributed by atoms with Crippen LogP contribution in [0.5, 0.6) is 0 Å². The van der Waals surface area contributed by atoms with E-state index in [9.17, 15) is 0 Å². The average Bonchev–Trinajstić information content (AvgIpc) is 2.33. The minimum Gasteiger partial charge on any atom is -0.397 e. The highest BCUT2D eigenvalue weighted by molar-refractivity contribution is 5.65. The number of nitrogens with two attached hydrogens (primary N) is 1. The molecule has 0 saturated heterocycles. The quantitative estimate of drug-likeness (QED) is 0.876. The van der Waals surface area contributed by atoms with Gasteiger partial charge in [0.1, 0.15) is 0 Å². The molecule has 0 aliphatic heterocycles. The maximum absolute atomic E-state index is 5.76. The Balaban J connectivity index is 2.36. The Morgan fingerprint density at radius 3 is 2.41 bits per heavy atom. The molecule has 0 saturated carbocycles. The molecule has 1 heterocycles. The Bertz CT molecular complexity index is 491. The summed E-state index contributed by atoms with van der Waals surface area (Å²) in [6.07, 6.45) is 3.49. The molecule has 0 unspecified atom stereocenters. The third-order valence-electron chi connectivity index (χ3n) is 2.72. The lowest BCUT2D eigenvalue weighted by Crippen LogP contribution is -2.16. The van der Waals surface area contributed by atoms with Crippen LogP contribution in [0.4, 0.5) is 17.1 Å². The van der Waals surface area contributed by atoms with Crippen molar-refractivity contribution in [2.24, 2.45) is 0 Å². The molecule has 17 heavy (non-hydrogen) atoms. The van der Waals surface area contributed by atoms with Gasteiger partial charge in [-0.1, -0.05) is 17.7 Å². The first-order chi connectivity index (χ1) is 8.20. The summed E-state index contributed by atoms with van der Waals surface area (Å²) in [6, 6.07) is 10.4. The lowest BCUT2D eigenvalue weighted by Gasteiger charge is -2.23. The number of aromatic nitrogens is 1. The molecule has 0 aliphatic rings. The molecule has 0 amide bonds. The van der Waals surface area contributed by atoms with Gasteiger partial charge in [0.25, 0.3) is 0 Å². The van der Waals surface area contributed by atoms with Crippen molar-refractivity contribution in [1.82, 2.24) is 4.98 Å². The zero-order chi connectivity index (χ0) is 12.3. The van der Waals surface area contributed by atoms with E-state index in [1.165, 1.54) is 5.56 Å². The van der Waals surface area contributed by atoms with E-state index in [0.717, 1.165) is 17.9 Å². The molecule has 0 bridgehead atoms. The number of nitrogen functional groups attached to an aromatic ring is 1. The summed E-state index contributed by atoms with van der Waals surface area (Å²) < 4.78 is 0. The van der Waals surface area contributed by atoms with Crippen LogP contribution in [0.15, 0.2) is 42.7 Å². The van der Waals surface area contributed by atoms with Crippen LogP contribution < -0.4 is 10.6 Å². The molecule has 3 nitrogen and oxygen atoms in total. The molecule has 0 fully saturated rings. The van der Waals surface area contributed by atoms with E-state index >= 15 is 0 Å². The van der Waals surface area contributed by atoms with Crippen LogP contribution in [-0.4, -0.2) is 11.5 Å². The van der Waals surface area contributed by atoms with Gasteiger partial charge in [-0.05, 0) is 32.0 Å². The number of anilines is 3. The third-order valence-corrected chi connectivity index (χ3v) is 2.72. The maximum atomic E-state index is 5.76. The Morgan fingerprint density at radius 1 is 1.12 bits per heavy atom. The summed E-state index contributed by atoms with van der Waals surface area (Å²) in [5.74, 6) is 0. The van der Waals surface area contributed by atoms with Crippen LogP contribution in [-0.2, 0) is 0 Å². The van der Waals surface area contributed by atoms with E-state index < -0.39 is 0 Å². The highest BCUT2D eigenvalue weighted by Gasteiger charge is 2.07. The van der Waals surface area contributed by atoms with Gasteiger partial charge >= 0.3 is 0 Å². The summed E-state index contributed by atoms with van der Waals surface area (Å²) >= 11 is 0. The minimum absolute atomic E-state index is 0.688. The Labute approximate surface area is 102 Å². The first kappa shape index (κ1) is 11.5. The fraction of sp³-hybridized carbons (Fsp3) is 0.214. The van der Waals surface area contributed by atoms with E-state index in [0.29, 0.717) is 5.69 Å². The molecule has 3 heteroatoms. The Hall–Kier alpha value is -2.03. The lowest BCUT2D eigenvalue weighted by molar-refractivity contribution is 1.02. The standard InChI is InChI=1S/C14H17N3/c1-3-17(13-6-4-11(2)5-7-13)14-8-12(15)9-16-10-14/h4-10H,3,15H2,1-2H3. The molecule has 1 aromatic carbocycles. The van der Waals surface area contributed by atoms with Crippen LogP contribution in [0.1, 0.15) is 12.5 Å². The van der Waals surface area contributed by atoms with E-state index in [2.05, 4.69) is 48.0 Å². The molecule has 0 radical (unpaired) electrons. The van der Waals surface area contributed by atoms with Crippen molar-refractivity contribution in [3.05, 3.63) is 48.3 Å². The molecular formula is C14H17N3. The highest BCUT2D eigenvalue weighted by atomic mass is 15.1. The average molecular weight is 227 g/mol. The molecule has 0 atom stereocenters. The van der Waals surface area contributed by atoms with E-state index in [1.807, 2.05) is 12.3 Å². The highest BCUT2D eigenvalue weighted by Crippen LogP contribution is 2.25. The molecule has 88 valence electrons. The number of benzene rings is 1. The normalized spacial score (nSPS) is 10.2. The van der Waals surface area contributed by atoms with Crippen molar-refractivity contribution in [3.8, 4) is 0 Å². The second-order valence-electron chi connectivity index (χ2n) is 4.06. The van der Waals surface area contributed by atoms with Gasteiger partial charge in [0.05, 0.1) is 17.6 Å². The monoisotopic (exact) mass is 227 g/mol. The van der Waals surface area contributed by atoms with Crippen molar-refractivity contribution in [3.63, 3.8) is 0 Å². The number of aryl methyl sites for hydroxylation is 1. The summed E-state index contributed by atoms with van der Waals surface area (Å²) in [5, 5.41) is 0. The Kier molecular flexibility index (Phi) is 3.28. The third kappa shape index (κ3) is 2.56. The molecule has 0 spiro atoms. The molecule has 2 rings (SSSR count). The van der Waals surface area contributed by atoms with Gasteiger partial charge in [-0.15, -0.1) is 0 Å². The molecule has 2 aromatic rings. The number of nitrogens with zero attached hydrogens (tertiary/aromatic N) is 2. The number of hydrogen-bond donors (Lipinski definition) is 1. The summed E-state index contributed by atoms with van der Waals surface area (Å²) in [4.78, 5) is 6.31. The van der Waals surface area contributed by atoms with Crippen molar-refractivity contribution in [1.29, 1.82) is 0 Å². The van der Waals surface area contributed by atoms with E-state index in [4.69, 9.17) is 5.73 Å². The first-order valence-corrected chi connectivity index (χ1v) is 5.75. The first-order valence-electron chi connectivity index (χ1n) is 5.75. The topological polar surface area (TPSA) is 42.2 Å². The van der Waals surface area contributed by atoms with Crippen molar-refractivity contribution in [2.75, 3.05) is 17.2 Å². The van der Waals surface area contributed by atoms with E-state index in [-0.39, 0.29) is 0 Å². The fourth-order valence-electron chi connectivity index (χ4n) is 1.83. The molecule has 2 N–H and O–H groups in total. The van der Waals surface area contributed by atoms with Gasteiger partial charge in [0, 0.05) is 18.4 Å². The van der Waals surface area contributed by atoms with Gasteiger partial charge in [-0.3, -0.25) is 4.98 Å². The summed E-state index contributed by atoms with van der Waals surface area (Å²) in [7, 11) is 0. The SMILES string of the molecule is CCN(c1ccc(C)cc1)c1cncc(N)c1. The maximum Gasteiger partial charge on any atom is 0.0617 e. The zero-order valence-corrected chi connectivity index (χ0v) is 10.2. The van der Waals surface area contributed by atoms with Gasteiger partial charge < -0.3 is 10.6 Å². The van der Waals surface area contributed by atoms with Gasteiger partial charge in [0.2, 0.25) is 0 Å². The van der Waals surface area contributed by atoms with Crippen LogP contribution in [0.2, 0.25) is 0 Å². The minimum atomic E-state index is 0.688. The second-order valence-corrected chi connectivity index (χ2v) is 4.06. The van der Waals surface area contributed by atoms with Crippen LogP contribution >= 0.6 is 0 Å².